The van der Waals surface area contributed by atoms with Gasteiger partial charge in [0.25, 0.3) is 5.91 Å². The summed E-state index contributed by atoms with van der Waals surface area (Å²) in [6, 6.07) is 9.00. The third kappa shape index (κ3) is 4.73. The van der Waals surface area contributed by atoms with E-state index in [1.54, 1.807) is 0 Å². The SMILES string of the molecule is CC1Cc2ccccc2N1CCNC(=O)C1CNCCO1.Cl.Cl. The average molecular weight is 362 g/mol. The Labute approximate surface area is 150 Å². The van der Waals surface area contributed by atoms with Gasteiger partial charge in [-0.15, -0.1) is 24.8 Å². The number of hydrogen-bond acceptors (Lipinski definition) is 4. The maximum Gasteiger partial charge on any atom is 0.250 e. The molecule has 5 nitrogen and oxygen atoms in total. The van der Waals surface area contributed by atoms with Crippen LogP contribution in [0.3, 0.4) is 0 Å². The number of carbonyl (C=O) groups excluding carboxylic acids is 1. The highest BCUT2D eigenvalue weighted by molar-refractivity contribution is 5.85. The van der Waals surface area contributed by atoms with E-state index in [4.69, 9.17) is 4.74 Å². The molecule has 130 valence electrons. The van der Waals surface area contributed by atoms with Crippen LogP contribution in [-0.2, 0) is 16.0 Å². The maximum atomic E-state index is 12.0. The number of halogens is 2. The smallest absolute Gasteiger partial charge is 0.250 e. The number of benzene rings is 1. The van der Waals surface area contributed by atoms with Crippen LogP contribution in [-0.4, -0.2) is 50.8 Å². The number of anilines is 1. The minimum absolute atomic E-state index is 0. The number of hydrogen-bond donors (Lipinski definition) is 2. The summed E-state index contributed by atoms with van der Waals surface area (Å²) in [5, 5.41) is 6.16. The molecule has 2 atom stereocenters. The summed E-state index contributed by atoms with van der Waals surface area (Å²) in [5.41, 5.74) is 2.70. The van der Waals surface area contributed by atoms with Gasteiger partial charge in [-0.05, 0) is 25.0 Å². The van der Waals surface area contributed by atoms with Gasteiger partial charge in [0, 0.05) is 37.9 Å². The fraction of sp³-hybridized carbons (Fsp3) is 0.562. The molecule has 7 heteroatoms. The van der Waals surface area contributed by atoms with Crippen molar-refractivity contribution in [3.8, 4) is 0 Å². The minimum atomic E-state index is -0.345. The molecule has 0 aliphatic carbocycles. The summed E-state index contributed by atoms with van der Waals surface area (Å²) >= 11 is 0. The second kappa shape index (κ2) is 9.33. The predicted molar refractivity (Wildman–Crippen MR) is 97.1 cm³/mol. The molecule has 2 aliphatic rings. The molecule has 2 N–H and O–H groups in total. The quantitative estimate of drug-likeness (QED) is 0.850. The molecule has 0 spiro atoms. The van der Waals surface area contributed by atoms with Crippen molar-refractivity contribution in [1.29, 1.82) is 0 Å². The maximum absolute atomic E-state index is 12.0. The molecule has 3 rings (SSSR count). The van der Waals surface area contributed by atoms with Crippen molar-refractivity contribution >= 4 is 36.4 Å². The molecule has 23 heavy (non-hydrogen) atoms. The molecule has 1 amide bonds. The fourth-order valence-corrected chi connectivity index (χ4v) is 3.12. The molecule has 1 fully saturated rings. The molecule has 0 bridgehead atoms. The van der Waals surface area contributed by atoms with Crippen molar-refractivity contribution in [2.45, 2.75) is 25.5 Å². The summed E-state index contributed by atoms with van der Waals surface area (Å²) in [6.45, 7) is 5.76. The van der Waals surface area contributed by atoms with Gasteiger partial charge < -0.3 is 20.3 Å². The van der Waals surface area contributed by atoms with Gasteiger partial charge in [-0.1, -0.05) is 18.2 Å². The number of amides is 1. The van der Waals surface area contributed by atoms with Crippen molar-refractivity contribution < 1.29 is 9.53 Å². The van der Waals surface area contributed by atoms with E-state index < -0.39 is 0 Å². The van der Waals surface area contributed by atoms with Crippen molar-refractivity contribution in [3.63, 3.8) is 0 Å². The van der Waals surface area contributed by atoms with Gasteiger partial charge in [0.15, 0.2) is 0 Å². The van der Waals surface area contributed by atoms with E-state index in [1.807, 2.05) is 0 Å². The van der Waals surface area contributed by atoms with Crippen molar-refractivity contribution in [1.82, 2.24) is 10.6 Å². The second-order valence-corrected chi connectivity index (χ2v) is 5.73. The average Bonchev–Trinajstić information content (AvgIpc) is 2.84. The molecule has 2 unspecified atom stereocenters. The topological polar surface area (TPSA) is 53.6 Å². The monoisotopic (exact) mass is 361 g/mol. The van der Waals surface area contributed by atoms with Gasteiger partial charge in [0.2, 0.25) is 0 Å². The molecular weight excluding hydrogens is 337 g/mol. The summed E-state index contributed by atoms with van der Waals surface area (Å²) in [7, 11) is 0. The van der Waals surface area contributed by atoms with Crippen LogP contribution in [0.15, 0.2) is 24.3 Å². The van der Waals surface area contributed by atoms with Crippen LogP contribution in [0.25, 0.3) is 0 Å². The van der Waals surface area contributed by atoms with Crippen molar-refractivity contribution in [2.24, 2.45) is 0 Å². The second-order valence-electron chi connectivity index (χ2n) is 5.73. The number of morpholine rings is 1. The minimum Gasteiger partial charge on any atom is -0.367 e. The molecule has 1 aromatic rings. The Morgan fingerprint density at radius 2 is 2.17 bits per heavy atom. The zero-order chi connectivity index (χ0) is 14.7. The molecule has 2 aliphatic heterocycles. The Morgan fingerprint density at radius 3 is 2.91 bits per heavy atom. The third-order valence-corrected chi connectivity index (χ3v) is 4.22. The first-order chi connectivity index (χ1) is 10.3. The van der Waals surface area contributed by atoms with E-state index in [9.17, 15) is 4.79 Å². The number of rotatable bonds is 4. The van der Waals surface area contributed by atoms with Crippen LogP contribution in [0.5, 0.6) is 0 Å². The Morgan fingerprint density at radius 1 is 1.39 bits per heavy atom. The van der Waals surface area contributed by atoms with E-state index in [0.717, 1.165) is 19.5 Å². The lowest BCUT2D eigenvalue weighted by molar-refractivity contribution is -0.134. The highest BCUT2D eigenvalue weighted by atomic mass is 35.5. The molecule has 1 aromatic carbocycles. The number of para-hydroxylation sites is 1. The zero-order valence-electron chi connectivity index (χ0n) is 13.3. The van der Waals surface area contributed by atoms with E-state index in [-0.39, 0.29) is 36.8 Å². The molecule has 1 saturated heterocycles. The molecule has 0 aromatic heterocycles. The van der Waals surface area contributed by atoms with Crippen LogP contribution >= 0.6 is 24.8 Å². The van der Waals surface area contributed by atoms with Crippen molar-refractivity contribution in [2.75, 3.05) is 37.7 Å². The van der Waals surface area contributed by atoms with Gasteiger partial charge in [0.1, 0.15) is 6.10 Å². The van der Waals surface area contributed by atoms with Crippen LogP contribution in [0.2, 0.25) is 0 Å². The van der Waals surface area contributed by atoms with Gasteiger partial charge in [-0.25, -0.2) is 0 Å². The Hall–Kier alpha value is -1.01. The Kier molecular flexibility index (Phi) is 8.12. The zero-order valence-corrected chi connectivity index (χ0v) is 14.9. The number of fused-ring (bicyclic) bond motifs is 1. The lowest BCUT2D eigenvalue weighted by Gasteiger charge is -2.26. The van der Waals surface area contributed by atoms with Gasteiger partial charge >= 0.3 is 0 Å². The predicted octanol–water partition coefficient (Wildman–Crippen LogP) is 1.39. The van der Waals surface area contributed by atoms with E-state index in [0.29, 0.717) is 25.7 Å². The first kappa shape index (κ1) is 20.0. The van der Waals surface area contributed by atoms with E-state index in [2.05, 4.69) is 46.7 Å². The molecule has 0 saturated carbocycles. The molecular formula is C16H25Cl2N3O2. The van der Waals surface area contributed by atoms with E-state index in [1.165, 1.54) is 11.3 Å². The largest absolute Gasteiger partial charge is 0.367 e. The Bertz CT molecular complexity index is 510. The molecule has 2 heterocycles. The van der Waals surface area contributed by atoms with Crippen molar-refractivity contribution in [3.05, 3.63) is 29.8 Å². The molecule has 0 radical (unpaired) electrons. The van der Waals surface area contributed by atoms with Crippen LogP contribution in [0.4, 0.5) is 5.69 Å². The normalized spacial score (nSPS) is 22.6. The first-order valence-corrected chi connectivity index (χ1v) is 7.70. The number of nitrogens with one attached hydrogen (secondary N) is 2. The van der Waals surface area contributed by atoms with Crippen LogP contribution in [0.1, 0.15) is 12.5 Å². The van der Waals surface area contributed by atoms with Gasteiger partial charge in [0.05, 0.1) is 6.61 Å². The summed E-state index contributed by atoms with van der Waals surface area (Å²) in [4.78, 5) is 14.4. The lowest BCUT2D eigenvalue weighted by atomic mass is 10.1. The van der Waals surface area contributed by atoms with E-state index >= 15 is 0 Å². The summed E-state index contributed by atoms with van der Waals surface area (Å²) in [6.07, 6.45) is 0.738. The van der Waals surface area contributed by atoms with Crippen LogP contribution < -0.4 is 15.5 Å². The number of carbonyl (C=O) groups is 1. The number of ether oxygens (including phenoxy) is 1. The van der Waals surface area contributed by atoms with Gasteiger partial charge in [-0.3, -0.25) is 4.79 Å². The van der Waals surface area contributed by atoms with Crippen LogP contribution in [0, 0.1) is 0 Å². The third-order valence-electron chi connectivity index (χ3n) is 4.22. The summed E-state index contributed by atoms with van der Waals surface area (Å²) in [5.74, 6) is -0.0117. The standard InChI is InChI=1S/C16H23N3O2.2ClH/c1-12-10-13-4-2-3-5-14(13)19(12)8-6-18-16(20)15-11-17-7-9-21-15;;/h2-5,12,15,17H,6-11H2,1H3,(H,18,20);2*1H. The number of nitrogens with zero attached hydrogens (tertiary/aromatic N) is 1. The highest BCUT2D eigenvalue weighted by Crippen LogP contribution is 2.31. The fourth-order valence-electron chi connectivity index (χ4n) is 3.12. The Balaban J connectivity index is 0.00000132. The first-order valence-electron chi connectivity index (χ1n) is 7.70. The summed E-state index contributed by atoms with van der Waals surface area (Å²) < 4.78 is 5.45. The van der Waals surface area contributed by atoms with Gasteiger partial charge in [-0.2, -0.15) is 0 Å². The lowest BCUT2D eigenvalue weighted by Crippen LogP contribution is -2.49. The highest BCUT2D eigenvalue weighted by Gasteiger charge is 2.26.